The Morgan fingerprint density at radius 2 is 1.88 bits per heavy atom. The Balaban J connectivity index is 2.64. The van der Waals surface area contributed by atoms with Gasteiger partial charge in [0.15, 0.2) is 0 Å². The van der Waals surface area contributed by atoms with E-state index in [-0.39, 0.29) is 24.0 Å². The lowest BCUT2D eigenvalue weighted by Crippen LogP contribution is -2.41. The van der Waals surface area contributed by atoms with Crippen molar-refractivity contribution >= 4 is 12.1 Å². The molecule has 2 atom stereocenters. The molecule has 1 rings (SSSR count). The highest BCUT2D eigenvalue weighted by Crippen LogP contribution is 2.26. The fourth-order valence-electron chi connectivity index (χ4n) is 1.98. The zero-order valence-electron chi connectivity index (χ0n) is 11.1. The maximum absolute atomic E-state index is 11.9. The summed E-state index contributed by atoms with van der Waals surface area (Å²) in [5, 5.41) is 0. The van der Waals surface area contributed by atoms with Crippen molar-refractivity contribution < 1.29 is 19.1 Å². The summed E-state index contributed by atoms with van der Waals surface area (Å²) < 4.78 is 10.0. The van der Waals surface area contributed by atoms with Gasteiger partial charge in [0.2, 0.25) is 0 Å². The minimum absolute atomic E-state index is 0.169. The molecule has 0 radical (unpaired) electrons. The van der Waals surface area contributed by atoms with Crippen LogP contribution in [0.1, 0.15) is 34.1 Å². The normalized spacial score (nSPS) is 24.6. The first-order valence-electron chi connectivity index (χ1n) is 5.83. The van der Waals surface area contributed by atoms with Crippen molar-refractivity contribution in [3.05, 3.63) is 0 Å². The smallest absolute Gasteiger partial charge is 0.410 e. The standard InChI is InChI=1S/C12H21NO4/c1-8-9(10(14)16-5)6-7-13(8)11(15)17-12(2,3)4/h8-9H,6-7H2,1-5H3/t8-,9-/m1/s1. The molecule has 17 heavy (non-hydrogen) atoms. The molecule has 5 heteroatoms. The second-order valence-corrected chi connectivity index (χ2v) is 5.33. The van der Waals surface area contributed by atoms with Crippen LogP contribution in [-0.2, 0) is 14.3 Å². The molecule has 1 fully saturated rings. The first kappa shape index (κ1) is 13.8. The van der Waals surface area contributed by atoms with Crippen molar-refractivity contribution in [2.45, 2.75) is 45.8 Å². The number of methoxy groups -OCH3 is 1. The molecular weight excluding hydrogens is 222 g/mol. The van der Waals surface area contributed by atoms with Crippen LogP contribution in [0, 0.1) is 5.92 Å². The van der Waals surface area contributed by atoms with Gasteiger partial charge in [-0.2, -0.15) is 0 Å². The molecule has 0 N–H and O–H groups in total. The van der Waals surface area contributed by atoms with E-state index in [1.54, 1.807) is 4.90 Å². The predicted octanol–water partition coefficient (Wildman–Crippen LogP) is 1.80. The van der Waals surface area contributed by atoms with Gasteiger partial charge >= 0.3 is 12.1 Å². The number of nitrogens with zero attached hydrogens (tertiary/aromatic N) is 1. The summed E-state index contributed by atoms with van der Waals surface area (Å²) in [5.41, 5.74) is -0.514. The molecule has 0 aliphatic carbocycles. The van der Waals surface area contributed by atoms with Crippen LogP contribution in [0.3, 0.4) is 0 Å². The summed E-state index contributed by atoms with van der Waals surface area (Å²) in [6.45, 7) is 7.85. The number of hydrogen-bond acceptors (Lipinski definition) is 4. The Kier molecular flexibility index (Phi) is 4.01. The van der Waals surface area contributed by atoms with E-state index in [9.17, 15) is 9.59 Å². The van der Waals surface area contributed by atoms with Crippen molar-refractivity contribution in [3.8, 4) is 0 Å². The van der Waals surface area contributed by atoms with E-state index in [1.807, 2.05) is 27.7 Å². The van der Waals surface area contributed by atoms with Gasteiger partial charge in [0.05, 0.1) is 13.0 Å². The number of esters is 1. The third kappa shape index (κ3) is 3.35. The van der Waals surface area contributed by atoms with E-state index in [4.69, 9.17) is 9.47 Å². The average molecular weight is 243 g/mol. The summed E-state index contributed by atoms with van der Waals surface area (Å²) in [6, 6.07) is -0.169. The van der Waals surface area contributed by atoms with E-state index in [0.717, 1.165) is 0 Å². The molecule has 98 valence electrons. The average Bonchev–Trinajstić information content (AvgIpc) is 2.56. The number of ether oxygens (including phenoxy) is 2. The van der Waals surface area contributed by atoms with Crippen molar-refractivity contribution in [2.24, 2.45) is 5.92 Å². The lowest BCUT2D eigenvalue weighted by molar-refractivity contribution is -0.145. The van der Waals surface area contributed by atoms with Gasteiger partial charge in [0.1, 0.15) is 5.60 Å². The fraction of sp³-hybridized carbons (Fsp3) is 0.833. The molecule has 0 aromatic carbocycles. The zero-order chi connectivity index (χ0) is 13.2. The first-order valence-corrected chi connectivity index (χ1v) is 5.83. The van der Waals surface area contributed by atoms with Gasteiger partial charge in [0.25, 0.3) is 0 Å². The number of amides is 1. The summed E-state index contributed by atoms with van der Waals surface area (Å²) in [7, 11) is 1.37. The van der Waals surface area contributed by atoms with Gasteiger partial charge in [-0.25, -0.2) is 4.79 Å². The Labute approximate surface area is 102 Å². The topological polar surface area (TPSA) is 55.8 Å². The molecule has 1 heterocycles. The van der Waals surface area contributed by atoms with E-state index >= 15 is 0 Å². The second-order valence-electron chi connectivity index (χ2n) is 5.33. The minimum Gasteiger partial charge on any atom is -0.469 e. The molecule has 0 unspecified atom stereocenters. The van der Waals surface area contributed by atoms with Gasteiger partial charge in [-0.05, 0) is 34.1 Å². The third-order valence-electron chi connectivity index (χ3n) is 2.89. The van der Waals surface area contributed by atoms with Crippen LogP contribution in [0.15, 0.2) is 0 Å². The maximum Gasteiger partial charge on any atom is 0.410 e. The van der Waals surface area contributed by atoms with Crippen LogP contribution >= 0.6 is 0 Å². The van der Waals surface area contributed by atoms with E-state index in [2.05, 4.69) is 0 Å². The zero-order valence-corrected chi connectivity index (χ0v) is 11.1. The Bertz CT molecular complexity index is 308. The largest absolute Gasteiger partial charge is 0.469 e. The highest BCUT2D eigenvalue weighted by atomic mass is 16.6. The van der Waals surface area contributed by atoms with E-state index < -0.39 is 5.60 Å². The van der Waals surface area contributed by atoms with Crippen molar-refractivity contribution in [1.82, 2.24) is 4.90 Å². The monoisotopic (exact) mass is 243 g/mol. The Hall–Kier alpha value is -1.26. The van der Waals surface area contributed by atoms with Gasteiger partial charge in [0, 0.05) is 12.6 Å². The Morgan fingerprint density at radius 3 is 2.35 bits per heavy atom. The van der Waals surface area contributed by atoms with Gasteiger partial charge in [-0.15, -0.1) is 0 Å². The first-order chi connectivity index (χ1) is 7.76. The lowest BCUT2D eigenvalue weighted by atomic mass is 10.0. The summed E-state index contributed by atoms with van der Waals surface area (Å²) in [4.78, 5) is 24.9. The molecule has 0 saturated carbocycles. The van der Waals surface area contributed by atoms with Gasteiger partial charge in [-0.1, -0.05) is 0 Å². The number of carbonyl (C=O) groups is 2. The predicted molar refractivity (Wildman–Crippen MR) is 62.5 cm³/mol. The van der Waals surface area contributed by atoms with Crippen LogP contribution in [-0.4, -0.2) is 42.3 Å². The Morgan fingerprint density at radius 1 is 1.29 bits per heavy atom. The van der Waals surface area contributed by atoms with Gasteiger partial charge < -0.3 is 14.4 Å². The van der Waals surface area contributed by atoms with Gasteiger partial charge in [-0.3, -0.25) is 4.79 Å². The summed E-state index contributed by atoms with van der Waals surface area (Å²) >= 11 is 0. The highest BCUT2D eigenvalue weighted by molar-refractivity contribution is 5.76. The van der Waals surface area contributed by atoms with Crippen LogP contribution in [0.25, 0.3) is 0 Å². The molecule has 1 saturated heterocycles. The number of carbonyl (C=O) groups excluding carboxylic acids is 2. The quantitative estimate of drug-likeness (QED) is 0.659. The van der Waals surface area contributed by atoms with Crippen molar-refractivity contribution in [3.63, 3.8) is 0 Å². The summed E-state index contributed by atoms with van der Waals surface area (Å²) in [5.74, 6) is -0.504. The third-order valence-corrected chi connectivity index (χ3v) is 2.89. The lowest BCUT2D eigenvalue weighted by Gasteiger charge is -2.27. The molecule has 0 bridgehead atoms. The fourth-order valence-corrected chi connectivity index (χ4v) is 1.98. The van der Waals surface area contributed by atoms with Crippen LogP contribution in [0.4, 0.5) is 4.79 Å². The van der Waals surface area contributed by atoms with Crippen LogP contribution < -0.4 is 0 Å². The molecule has 0 aromatic rings. The molecule has 0 aromatic heterocycles. The number of rotatable bonds is 1. The molecule has 1 aliphatic heterocycles. The minimum atomic E-state index is -0.514. The van der Waals surface area contributed by atoms with Crippen LogP contribution in [0.5, 0.6) is 0 Å². The molecular formula is C12H21NO4. The summed E-state index contributed by atoms with van der Waals surface area (Å²) in [6.07, 6.45) is 0.268. The molecule has 5 nitrogen and oxygen atoms in total. The SMILES string of the molecule is COC(=O)[C@@H]1CCN(C(=O)OC(C)(C)C)[C@@H]1C. The number of likely N-dealkylation sites (tertiary alicyclic amines) is 1. The number of hydrogen-bond donors (Lipinski definition) is 0. The highest BCUT2D eigenvalue weighted by Gasteiger charge is 2.40. The maximum atomic E-state index is 11.9. The van der Waals surface area contributed by atoms with E-state index in [1.165, 1.54) is 7.11 Å². The van der Waals surface area contributed by atoms with Crippen molar-refractivity contribution in [1.29, 1.82) is 0 Å². The van der Waals surface area contributed by atoms with Crippen LogP contribution in [0.2, 0.25) is 0 Å². The molecule has 1 amide bonds. The molecule has 0 spiro atoms. The second kappa shape index (κ2) is 4.94. The van der Waals surface area contributed by atoms with E-state index in [0.29, 0.717) is 13.0 Å². The van der Waals surface area contributed by atoms with Crippen molar-refractivity contribution in [2.75, 3.05) is 13.7 Å². The molecule has 1 aliphatic rings.